The summed E-state index contributed by atoms with van der Waals surface area (Å²) in [6.45, 7) is 8.83. The molecule has 0 bridgehead atoms. The fourth-order valence-electron chi connectivity index (χ4n) is 3.19. The fourth-order valence-corrected chi connectivity index (χ4v) is 3.19. The van der Waals surface area contributed by atoms with E-state index in [9.17, 15) is 30.6 Å². The number of nitrogens with zero attached hydrogens (tertiary/aromatic N) is 3. The maximum atomic E-state index is 10.00. The Morgan fingerprint density at radius 2 is 0.792 bits per heavy atom. The van der Waals surface area contributed by atoms with Crippen molar-refractivity contribution >= 4 is 0 Å². The van der Waals surface area contributed by atoms with E-state index in [1.807, 2.05) is 0 Å². The molecule has 6 atom stereocenters. The van der Waals surface area contributed by atoms with E-state index in [0.717, 1.165) is 0 Å². The van der Waals surface area contributed by atoms with Crippen molar-refractivity contribution in [1.29, 1.82) is 0 Å². The fraction of sp³-hybridized carbons (Fsp3) is 0.867. The first-order chi connectivity index (χ1) is 10.9. The highest BCUT2D eigenvalue weighted by Crippen LogP contribution is 2.45. The lowest BCUT2D eigenvalue weighted by Gasteiger charge is -2.34. The molecule has 24 heavy (non-hydrogen) atoms. The summed E-state index contributed by atoms with van der Waals surface area (Å²) >= 11 is 0. The number of aliphatic hydroxyl groups excluding tert-OH is 6. The van der Waals surface area contributed by atoms with Crippen LogP contribution in [-0.4, -0.2) is 88.7 Å². The minimum Gasteiger partial charge on any atom is -0.379 e. The van der Waals surface area contributed by atoms with Crippen LogP contribution >= 0.6 is 0 Å². The molecule has 1 rings (SSSR count). The predicted molar refractivity (Wildman–Crippen MR) is 86.4 cm³/mol. The van der Waals surface area contributed by atoms with Gasteiger partial charge in [-0.15, -0.1) is 0 Å². The number of hydrogen-bond donors (Lipinski definition) is 6. The summed E-state index contributed by atoms with van der Waals surface area (Å²) in [5.41, 5.74) is 0.840. The molecule has 6 N–H and O–H groups in total. The molecule has 9 heteroatoms. The molecule has 0 aliphatic heterocycles. The van der Waals surface area contributed by atoms with E-state index in [2.05, 4.69) is 0 Å². The summed E-state index contributed by atoms with van der Waals surface area (Å²) in [7, 11) is 0. The Morgan fingerprint density at radius 1 is 0.542 bits per heavy atom. The van der Waals surface area contributed by atoms with Crippen LogP contribution in [0.2, 0.25) is 0 Å². The lowest BCUT2D eigenvalue weighted by atomic mass is 10.3. The normalized spacial score (nSPS) is 25.1. The van der Waals surface area contributed by atoms with E-state index >= 15 is 0 Å². The van der Waals surface area contributed by atoms with Crippen LogP contribution in [0.3, 0.4) is 0 Å². The topological polar surface area (TPSA) is 131 Å². The zero-order chi connectivity index (χ0) is 18.9. The maximum Gasteiger partial charge on any atom is 0.126 e. The Hall–Kier alpha value is -0.940. The van der Waals surface area contributed by atoms with Crippen molar-refractivity contribution in [2.24, 2.45) is 0 Å². The molecule has 0 amide bonds. The van der Waals surface area contributed by atoms with E-state index in [0.29, 0.717) is 11.4 Å². The molecule has 0 aromatic rings. The van der Waals surface area contributed by atoms with Crippen LogP contribution in [0.25, 0.3) is 0 Å². The third-order valence-electron chi connectivity index (χ3n) is 4.02. The summed E-state index contributed by atoms with van der Waals surface area (Å²) in [6, 6.07) is -0.668. The van der Waals surface area contributed by atoms with Gasteiger partial charge in [0.15, 0.2) is 0 Å². The Morgan fingerprint density at radius 3 is 0.958 bits per heavy atom. The van der Waals surface area contributed by atoms with E-state index in [-0.39, 0.29) is 0 Å². The van der Waals surface area contributed by atoms with Crippen LogP contribution < -0.4 is 0 Å². The molecule has 142 valence electrons. The molecule has 0 radical (unpaired) electrons. The molecule has 1 aliphatic rings. The number of rotatable bonds is 9. The van der Waals surface area contributed by atoms with Crippen molar-refractivity contribution < 1.29 is 30.6 Å². The van der Waals surface area contributed by atoms with Gasteiger partial charge in [-0.25, -0.2) is 4.90 Å². The van der Waals surface area contributed by atoms with E-state index in [1.165, 1.54) is 56.2 Å². The van der Waals surface area contributed by atoms with Crippen molar-refractivity contribution in [2.45, 2.75) is 85.0 Å². The first-order valence-corrected chi connectivity index (χ1v) is 8.10. The summed E-state index contributed by atoms with van der Waals surface area (Å²) in [5, 5.41) is 60.0. The van der Waals surface area contributed by atoms with Gasteiger partial charge < -0.3 is 40.4 Å². The van der Waals surface area contributed by atoms with Crippen molar-refractivity contribution in [3.63, 3.8) is 0 Å². The zero-order valence-electron chi connectivity index (χ0n) is 15.1. The van der Waals surface area contributed by atoms with Crippen molar-refractivity contribution in [3.05, 3.63) is 11.4 Å². The highest BCUT2D eigenvalue weighted by Gasteiger charge is 2.53. The van der Waals surface area contributed by atoms with Crippen molar-refractivity contribution in [2.75, 3.05) is 0 Å². The monoisotopic (exact) mass is 349 g/mol. The van der Waals surface area contributed by atoms with Crippen molar-refractivity contribution in [3.8, 4) is 0 Å². The molecule has 0 spiro atoms. The smallest absolute Gasteiger partial charge is 0.126 e. The van der Waals surface area contributed by atoms with Crippen LogP contribution in [0.1, 0.15) is 41.5 Å². The molecule has 0 saturated carbocycles. The van der Waals surface area contributed by atoms with Crippen molar-refractivity contribution in [1.82, 2.24) is 14.7 Å². The first kappa shape index (κ1) is 21.1. The molecule has 9 nitrogen and oxygen atoms in total. The van der Waals surface area contributed by atoms with Crippen LogP contribution in [-0.2, 0) is 0 Å². The van der Waals surface area contributed by atoms with Gasteiger partial charge in [-0.05, 0) is 41.5 Å². The average molecular weight is 349 g/mol. The second kappa shape index (κ2) is 7.96. The molecular weight excluding hydrogens is 318 g/mol. The summed E-state index contributed by atoms with van der Waals surface area (Å²) in [4.78, 5) is 3.95. The third kappa shape index (κ3) is 4.17. The Balaban J connectivity index is 3.35. The van der Waals surface area contributed by atoms with Gasteiger partial charge in [0.2, 0.25) is 0 Å². The largest absolute Gasteiger partial charge is 0.379 e. The van der Waals surface area contributed by atoms with Crippen LogP contribution in [0.15, 0.2) is 11.4 Å². The number of aliphatic hydroxyl groups is 6. The highest BCUT2D eigenvalue weighted by atomic mass is 16.3. The van der Waals surface area contributed by atoms with E-state index in [4.69, 9.17) is 0 Å². The van der Waals surface area contributed by atoms with Gasteiger partial charge in [-0.2, -0.15) is 0 Å². The van der Waals surface area contributed by atoms with Gasteiger partial charge in [-0.1, -0.05) is 0 Å². The maximum absolute atomic E-state index is 10.00. The Kier molecular flexibility index (Phi) is 7.00. The summed E-state index contributed by atoms with van der Waals surface area (Å²) in [6.07, 6.45) is -6.25. The lowest BCUT2D eigenvalue weighted by Crippen LogP contribution is -2.48. The van der Waals surface area contributed by atoms with Gasteiger partial charge in [0.25, 0.3) is 0 Å². The van der Waals surface area contributed by atoms with Gasteiger partial charge in [0.1, 0.15) is 37.4 Å². The Bertz CT molecular complexity index is 396. The van der Waals surface area contributed by atoms with E-state index < -0.39 is 43.4 Å². The molecule has 6 unspecified atom stereocenters. The van der Waals surface area contributed by atoms with Gasteiger partial charge in [0.05, 0.1) is 17.4 Å². The summed E-state index contributed by atoms with van der Waals surface area (Å²) in [5.74, 6) is 0. The van der Waals surface area contributed by atoms with E-state index in [1.54, 1.807) is 0 Å². The molecule has 1 aliphatic carbocycles. The third-order valence-corrected chi connectivity index (χ3v) is 4.02. The quantitative estimate of drug-likeness (QED) is 0.276. The predicted octanol–water partition coefficient (Wildman–Crippen LogP) is -1.48. The molecular formula is C15H31N3O6. The molecule has 0 fully saturated rings. The minimum absolute atomic E-state index is 0.420. The SMILES string of the molecule is CC(O)N(C1=C(N(C(C)O)C(C)O)C1N(C(C)O)C(C)O)C(C)O. The molecule has 0 saturated heterocycles. The summed E-state index contributed by atoms with van der Waals surface area (Å²) < 4.78 is 0. The average Bonchev–Trinajstić information content (AvgIpc) is 3.00. The minimum atomic E-state index is -1.05. The standard InChI is InChI=1S/C15H31N3O6/c1-7(19)16(8(2)20)13-14(17(9(3)21)10(4)22)15(13)18(11(5)23)12(6)24/h7-13,19-24H,1-6H3. The van der Waals surface area contributed by atoms with Crippen LogP contribution in [0, 0.1) is 0 Å². The van der Waals surface area contributed by atoms with Crippen LogP contribution in [0.4, 0.5) is 0 Å². The van der Waals surface area contributed by atoms with Gasteiger partial charge in [-0.3, -0.25) is 0 Å². The second-order valence-corrected chi connectivity index (χ2v) is 6.23. The second-order valence-electron chi connectivity index (χ2n) is 6.23. The first-order valence-electron chi connectivity index (χ1n) is 8.10. The van der Waals surface area contributed by atoms with Crippen LogP contribution in [0.5, 0.6) is 0 Å². The number of hydrogen-bond acceptors (Lipinski definition) is 9. The zero-order valence-corrected chi connectivity index (χ0v) is 15.1. The molecule has 0 heterocycles. The molecule has 0 aromatic heterocycles. The Labute approximate surface area is 142 Å². The van der Waals surface area contributed by atoms with Gasteiger partial charge >= 0.3 is 0 Å². The molecule has 0 aromatic carbocycles. The lowest BCUT2D eigenvalue weighted by molar-refractivity contribution is -0.108. The highest BCUT2D eigenvalue weighted by molar-refractivity contribution is 5.45. The van der Waals surface area contributed by atoms with Gasteiger partial charge in [0, 0.05) is 0 Å².